The van der Waals surface area contributed by atoms with E-state index in [2.05, 4.69) is 5.32 Å². The van der Waals surface area contributed by atoms with Crippen LogP contribution in [0.3, 0.4) is 0 Å². The summed E-state index contributed by atoms with van der Waals surface area (Å²) in [6.07, 6.45) is 5.70. The van der Waals surface area contributed by atoms with E-state index in [0.29, 0.717) is 19.3 Å². The third-order valence-electron chi connectivity index (χ3n) is 3.82. The Morgan fingerprint density at radius 2 is 2.00 bits per heavy atom. The van der Waals surface area contributed by atoms with Gasteiger partial charge in [0.1, 0.15) is 0 Å². The van der Waals surface area contributed by atoms with E-state index in [-0.39, 0.29) is 12.5 Å². The molecule has 0 aromatic rings. The number of carboxylic acid groups (broad SMARTS) is 1. The number of carbonyl (C=O) groups excluding carboxylic acids is 1. The van der Waals surface area contributed by atoms with Gasteiger partial charge in [0, 0.05) is 6.54 Å². The van der Waals surface area contributed by atoms with Gasteiger partial charge in [-0.25, -0.2) is 0 Å². The van der Waals surface area contributed by atoms with Crippen LogP contribution < -0.4 is 11.1 Å². The Hall–Kier alpha value is -1.10. The monoisotopic (exact) mass is 256 g/mol. The van der Waals surface area contributed by atoms with Crippen molar-refractivity contribution in [2.24, 2.45) is 11.1 Å². The van der Waals surface area contributed by atoms with Gasteiger partial charge in [-0.15, -0.1) is 0 Å². The molecule has 0 aliphatic heterocycles. The van der Waals surface area contributed by atoms with Gasteiger partial charge >= 0.3 is 5.97 Å². The van der Waals surface area contributed by atoms with Crippen LogP contribution in [0.2, 0.25) is 0 Å². The first-order valence-corrected chi connectivity index (χ1v) is 6.78. The molecule has 0 heterocycles. The van der Waals surface area contributed by atoms with Crippen molar-refractivity contribution < 1.29 is 14.7 Å². The summed E-state index contributed by atoms with van der Waals surface area (Å²) in [4.78, 5) is 23.0. The minimum atomic E-state index is -0.803. The fourth-order valence-electron chi connectivity index (χ4n) is 2.46. The lowest BCUT2D eigenvalue weighted by Crippen LogP contribution is -2.47. The lowest BCUT2D eigenvalue weighted by molar-refractivity contribution is -0.148. The van der Waals surface area contributed by atoms with Crippen LogP contribution in [0.1, 0.15) is 51.9 Å². The SMILES string of the molecule is CCCCC(N)C(=O)NCC1(C(=O)O)CCCC1. The zero-order chi connectivity index (χ0) is 13.6. The summed E-state index contributed by atoms with van der Waals surface area (Å²) >= 11 is 0. The highest BCUT2D eigenvalue weighted by atomic mass is 16.4. The highest BCUT2D eigenvalue weighted by Crippen LogP contribution is 2.37. The molecule has 0 aromatic heterocycles. The number of unbranched alkanes of at least 4 members (excludes halogenated alkanes) is 1. The zero-order valence-electron chi connectivity index (χ0n) is 11.1. The van der Waals surface area contributed by atoms with Gasteiger partial charge in [0.05, 0.1) is 11.5 Å². The van der Waals surface area contributed by atoms with Gasteiger partial charge in [-0.3, -0.25) is 9.59 Å². The molecule has 1 aliphatic rings. The molecule has 104 valence electrons. The molecule has 1 unspecified atom stereocenters. The fraction of sp³-hybridized carbons (Fsp3) is 0.846. The van der Waals surface area contributed by atoms with Crippen LogP contribution in [0.5, 0.6) is 0 Å². The maximum Gasteiger partial charge on any atom is 0.311 e. The number of aliphatic carboxylic acids is 1. The molecule has 0 radical (unpaired) electrons. The summed E-state index contributed by atoms with van der Waals surface area (Å²) in [7, 11) is 0. The molecule has 0 aromatic carbocycles. The average Bonchev–Trinajstić information content (AvgIpc) is 2.83. The maximum atomic E-state index is 11.7. The third kappa shape index (κ3) is 3.70. The molecule has 5 heteroatoms. The fourth-order valence-corrected chi connectivity index (χ4v) is 2.46. The van der Waals surface area contributed by atoms with Crippen LogP contribution in [-0.2, 0) is 9.59 Å². The Kier molecular flexibility index (Phi) is 5.59. The zero-order valence-corrected chi connectivity index (χ0v) is 11.1. The second kappa shape index (κ2) is 6.73. The van der Waals surface area contributed by atoms with Crippen molar-refractivity contribution in [3.8, 4) is 0 Å². The predicted molar refractivity (Wildman–Crippen MR) is 69.0 cm³/mol. The number of carbonyl (C=O) groups is 2. The number of carboxylic acids is 1. The normalized spacial score (nSPS) is 19.4. The van der Waals surface area contributed by atoms with E-state index in [4.69, 9.17) is 5.73 Å². The Bertz CT molecular complexity index is 299. The second-order valence-electron chi connectivity index (χ2n) is 5.26. The largest absolute Gasteiger partial charge is 0.481 e. The predicted octanol–water partition coefficient (Wildman–Crippen LogP) is 1.27. The maximum absolute atomic E-state index is 11.7. The van der Waals surface area contributed by atoms with Crippen LogP contribution in [0, 0.1) is 5.41 Å². The number of hydrogen-bond donors (Lipinski definition) is 3. The number of nitrogens with one attached hydrogen (secondary N) is 1. The molecule has 18 heavy (non-hydrogen) atoms. The van der Waals surface area contributed by atoms with Crippen molar-refractivity contribution in [1.82, 2.24) is 5.32 Å². The molecule has 1 saturated carbocycles. The molecule has 4 N–H and O–H groups in total. The Morgan fingerprint density at radius 1 is 1.39 bits per heavy atom. The van der Waals surface area contributed by atoms with Crippen molar-refractivity contribution in [2.45, 2.75) is 57.9 Å². The summed E-state index contributed by atoms with van der Waals surface area (Å²) in [6.45, 7) is 2.25. The van der Waals surface area contributed by atoms with Crippen molar-refractivity contribution >= 4 is 11.9 Å². The van der Waals surface area contributed by atoms with E-state index < -0.39 is 17.4 Å². The van der Waals surface area contributed by atoms with E-state index in [1.54, 1.807) is 0 Å². The van der Waals surface area contributed by atoms with Gasteiger partial charge < -0.3 is 16.2 Å². The Morgan fingerprint density at radius 3 is 2.50 bits per heavy atom. The molecule has 1 amide bonds. The van der Waals surface area contributed by atoms with Crippen LogP contribution in [-0.4, -0.2) is 29.6 Å². The summed E-state index contributed by atoms with van der Waals surface area (Å²) in [5, 5.41) is 12.0. The highest BCUT2D eigenvalue weighted by molar-refractivity contribution is 5.82. The molecule has 1 rings (SSSR count). The minimum absolute atomic E-state index is 0.209. The molecule has 1 atom stereocenters. The number of amides is 1. The second-order valence-corrected chi connectivity index (χ2v) is 5.26. The van der Waals surface area contributed by atoms with Gasteiger partial charge in [0.25, 0.3) is 0 Å². The molecule has 1 aliphatic carbocycles. The van der Waals surface area contributed by atoms with Crippen LogP contribution in [0.25, 0.3) is 0 Å². The molecular formula is C13H24N2O3. The average molecular weight is 256 g/mol. The standard InChI is InChI=1S/C13H24N2O3/c1-2-3-6-10(14)11(16)15-9-13(12(17)18)7-4-5-8-13/h10H,2-9,14H2,1H3,(H,15,16)(H,17,18). The quantitative estimate of drug-likeness (QED) is 0.639. The van der Waals surface area contributed by atoms with Gasteiger partial charge in [0.15, 0.2) is 0 Å². The Labute approximate surface area is 108 Å². The first-order valence-electron chi connectivity index (χ1n) is 6.78. The molecule has 1 fully saturated rings. The van der Waals surface area contributed by atoms with Crippen molar-refractivity contribution in [2.75, 3.05) is 6.54 Å². The van der Waals surface area contributed by atoms with E-state index >= 15 is 0 Å². The summed E-state index contributed by atoms with van der Waals surface area (Å²) in [5.74, 6) is -1.03. The summed E-state index contributed by atoms with van der Waals surface area (Å²) in [6, 6.07) is -0.516. The summed E-state index contributed by atoms with van der Waals surface area (Å²) in [5.41, 5.74) is 4.98. The topological polar surface area (TPSA) is 92.4 Å². The number of nitrogens with two attached hydrogens (primary N) is 1. The van der Waals surface area contributed by atoms with E-state index in [0.717, 1.165) is 25.7 Å². The van der Waals surface area contributed by atoms with Gasteiger partial charge in [-0.1, -0.05) is 32.6 Å². The van der Waals surface area contributed by atoms with E-state index in [1.807, 2.05) is 6.92 Å². The van der Waals surface area contributed by atoms with E-state index in [9.17, 15) is 14.7 Å². The highest BCUT2D eigenvalue weighted by Gasteiger charge is 2.41. The molecule has 0 bridgehead atoms. The van der Waals surface area contributed by atoms with Crippen molar-refractivity contribution in [3.63, 3.8) is 0 Å². The number of rotatable bonds is 7. The van der Waals surface area contributed by atoms with Crippen molar-refractivity contribution in [3.05, 3.63) is 0 Å². The van der Waals surface area contributed by atoms with Gasteiger partial charge in [0.2, 0.25) is 5.91 Å². The molecular weight excluding hydrogens is 232 g/mol. The Balaban J connectivity index is 2.43. The molecule has 0 spiro atoms. The van der Waals surface area contributed by atoms with Crippen LogP contribution in [0.4, 0.5) is 0 Å². The molecule has 5 nitrogen and oxygen atoms in total. The lowest BCUT2D eigenvalue weighted by atomic mass is 9.86. The van der Waals surface area contributed by atoms with E-state index in [1.165, 1.54) is 0 Å². The van der Waals surface area contributed by atoms with Crippen LogP contribution in [0.15, 0.2) is 0 Å². The molecule has 0 saturated heterocycles. The lowest BCUT2D eigenvalue weighted by Gasteiger charge is -2.24. The first-order chi connectivity index (χ1) is 8.52. The first kappa shape index (κ1) is 15.0. The van der Waals surface area contributed by atoms with Crippen molar-refractivity contribution in [1.29, 1.82) is 0 Å². The summed E-state index contributed by atoms with van der Waals surface area (Å²) < 4.78 is 0. The van der Waals surface area contributed by atoms with Crippen LogP contribution >= 0.6 is 0 Å². The number of hydrogen-bond acceptors (Lipinski definition) is 3. The van der Waals surface area contributed by atoms with Gasteiger partial charge in [-0.05, 0) is 19.3 Å². The van der Waals surface area contributed by atoms with Gasteiger partial charge in [-0.2, -0.15) is 0 Å². The third-order valence-corrected chi connectivity index (χ3v) is 3.82. The minimum Gasteiger partial charge on any atom is -0.481 e. The smallest absolute Gasteiger partial charge is 0.311 e.